The summed E-state index contributed by atoms with van der Waals surface area (Å²) in [4.78, 5) is 4.54. The summed E-state index contributed by atoms with van der Waals surface area (Å²) in [5.74, 6) is 1.68. The van der Waals surface area contributed by atoms with E-state index in [1.807, 2.05) is 24.3 Å². The topological polar surface area (TPSA) is 60.2 Å². The molecule has 19 heavy (non-hydrogen) atoms. The van der Waals surface area contributed by atoms with Crippen LogP contribution < -0.4 is 10.6 Å². The summed E-state index contributed by atoms with van der Waals surface area (Å²) in [7, 11) is 0. The standard InChI is InChI=1S/C15H20N4/c1-2-17-15(18-10-12-6-7-12)19-11-14-5-3-4-13(8-14)9-16/h3-5,8,12H,2,6-7,10-11H2,1H3,(H2,17,18,19). The van der Waals surface area contributed by atoms with Crippen LogP contribution >= 0.6 is 0 Å². The molecule has 2 rings (SSSR count). The van der Waals surface area contributed by atoms with Crippen molar-refractivity contribution in [3.05, 3.63) is 35.4 Å². The van der Waals surface area contributed by atoms with E-state index in [0.717, 1.165) is 30.5 Å². The Morgan fingerprint density at radius 3 is 2.95 bits per heavy atom. The lowest BCUT2D eigenvalue weighted by Gasteiger charge is -2.10. The van der Waals surface area contributed by atoms with Gasteiger partial charge in [0.2, 0.25) is 0 Å². The molecule has 0 amide bonds. The first kappa shape index (κ1) is 13.4. The molecule has 4 heteroatoms. The largest absolute Gasteiger partial charge is 0.357 e. The van der Waals surface area contributed by atoms with Crippen molar-refractivity contribution in [2.24, 2.45) is 10.9 Å². The van der Waals surface area contributed by atoms with Crippen LogP contribution in [0, 0.1) is 17.2 Å². The van der Waals surface area contributed by atoms with E-state index in [9.17, 15) is 0 Å². The molecule has 0 aromatic heterocycles. The van der Waals surface area contributed by atoms with E-state index < -0.39 is 0 Å². The highest BCUT2D eigenvalue weighted by atomic mass is 15.2. The van der Waals surface area contributed by atoms with Gasteiger partial charge in [-0.1, -0.05) is 12.1 Å². The molecule has 0 radical (unpaired) electrons. The van der Waals surface area contributed by atoms with Gasteiger partial charge in [-0.3, -0.25) is 0 Å². The van der Waals surface area contributed by atoms with Crippen molar-refractivity contribution in [2.75, 3.05) is 13.1 Å². The van der Waals surface area contributed by atoms with Crippen LogP contribution in [0.1, 0.15) is 30.9 Å². The zero-order chi connectivity index (χ0) is 13.5. The molecule has 1 aromatic carbocycles. The van der Waals surface area contributed by atoms with Gasteiger partial charge in [-0.2, -0.15) is 5.26 Å². The highest BCUT2D eigenvalue weighted by Gasteiger charge is 2.20. The van der Waals surface area contributed by atoms with E-state index >= 15 is 0 Å². The first-order valence-electron chi connectivity index (χ1n) is 6.83. The second-order valence-electron chi connectivity index (χ2n) is 4.83. The highest BCUT2D eigenvalue weighted by Crippen LogP contribution is 2.27. The number of guanidine groups is 1. The van der Waals surface area contributed by atoms with Gasteiger partial charge in [-0.25, -0.2) is 4.99 Å². The van der Waals surface area contributed by atoms with Gasteiger partial charge in [-0.15, -0.1) is 0 Å². The van der Waals surface area contributed by atoms with E-state index in [1.54, 1.807) is 0 Å². The van der Waals surface area contributed by atoms with E-state index in [1.165, 1.54) is 12.8 Å². The SMILES string of the molecule is CCNC(=NCc1cccc(C#N)c1)NCC1CC1. The third-order valence-corrected chi connectivity index (χ3v) is 3.08. The van der Waals surface area contributed by atoms with Gasteiger partial charge in [0.1, 0.15) is 0 Å². The van der Waals surface area contributed by atoms with E-state index in [0.29, 0.717) is 12.1 Å². The maximum atomic E-state index is 8.87. The minimum Gasteiger partial charge on any atom is -0.357 e. The number of nitrogens with one attached hydrogen (secondary N) is 2. The quantitative estimate of drug-likeness (QED) is 0.626. The molecule has 0 saturated heterocycles. The molecule has 0 atom stereocenters. The number of hydrogen-bond acceptors (Lipinski definition) is 2. The summed E-state index contributed by atoms with van der Waals surface area (Å²) in [6.07, 6.45) is 2.66. The molecule has 1 saturated carbocycles. The first-order valence-corrected chi connectivity index (χ1v) is 6.83. The predicted octanol–water partition coefficient (Wildman–Crippen LogP) is 2.02. The minimum atomic E-state index is 0.593. The van der Waals surface area contributed by atoms with Crippen LogP contribution in [0.2, 0.25) is 0 Å². The third-order valence-electron chi connectivity index (χ3n) is 3.08. The summed E-state index contributed by atoms with van der Waals surface area (Å²) in [5, 5.41) is 15.5. The summed E-state index contributed by atoms with van der Waals surface area (Å²) in [6, 6.07) is 9.73. The van der Waals surface area contributed by atoms with Crippen molar-refractivity contribution in [3.8, 4) is 6.07 Å². The van der Waals surface area contributed by atoms with Gasteiger partial charge in [0.05, 0.1) is 18.2 Å². The Kier molecular flexibility index (Phi) is 4.79. The molecule has 1 aliphatic carbocycles. The number of aliphatic imine (C=N–C) groups is 1. The summed E-state index contributed by atoms with van der Waals surface area (Å²) in [5.41, 5.74) is 1.74. The zero-order valence-electron chi connectivity index (χ0n) is 11.3. The van der Waals surface area contributed by atoms with Crippen LogP contribution in [-0.2, 0) is 6.54 Å². The maximum Gasteiger partial charge on any atom is 0.191 e. The Balaban J connectivity index is 1.93. The average molecular weight is 256 g/mol. The molecule has 0 heterocycles. The molecule has 100 valence electrons. The smallest absolute Gasteiger partial charge is 0.191 e. The van der Waals surface area contributed by atoms with Gasteiger partial charge in [0.15, 0.2) is 5.96 Å². The molecule has 0 aliphatic heterocycles. The summed E-state index contributed by atoms with van der Waals surface area (Å²) < 4.78 is 0. The van der Waals surface area contributed by atoms with Crippen LogP contribution in [0.4, 0.5) is 0 Å². The van der Waals surface area contributed by atoms with Crippen molar-refractivity contribution < 1.29 is 0 Å². The van der Waals surface area contributed by atoms with Crippen molar-refractivity contribution in [1.82, 2.24) is 10.6 Å². The Morgan fingerprint density at radius 1 is 1.42 bits per heavy atom. The molecular formula is C15H20N4. The maximum absolute atomic E-state index is 8.87. The van der Waals surface area contributed by atoms with Crippen LogP contribution in [0.15, 0.2) is 29.3 Å². The number of nitrogens with zero attached hydrogens (tertiary/aromatic N) is 2. The lowest BCUT2D eigenvalue weighted by molar-refractivity contribution is 0.739. The van der Waals surface area contributed by atoms with E-state index in [4.69, 9.17) is 5.26 Å². The van der Waals surface area contributed by atoms with Crippen molar-refractivity contribution in [2.45, 2.75) is 26.3 Å². The van der Waals surface area contributed by atoms with Gasteiger partial charge in [-0.05, 0) is 43.4 Å². The summed E-state index contributed by atoms with van der Waals surface area (Å²) >= 11 is 0. The van der Waals surface area contributed by atoms with Crippen LogP contribution in [-0.4, -0.2) is 19.0 Å². The molecule has 0 unspecified atom stereocenters. The van der Waals surface area contributed by atoms with Gasteiger partial charge in [0, 0.05) is 13.1 Å². The number of nitriles is 1. The molecule has 4 nitrogen and oxygen atoms in total. The molecule has 2 N–H and O–H groups in total. The number of hydrogen-bond donors (Lipinski definition) is 2. The average Bonchev–Trinajstić information content (AvgIpc) is 3.26. The van der Waals surface area contributed by atoms with Crippen molar-refractivity contribution >= 4 is 5.96 Å². The third kappa shape index (κ3) is 4.63. The van der Waals surface area contributed by atoms with Gasteiger partial charge in [0.25, 0.3) is 0 Å². The molecule has 1 aliphatic rings. The molecular weight excluding hydrogens is 236 g/mol. The highest BCUT2D eigenvalue weighted by molar-refractivity contribution is 5.79. The van der Waals surface area contributed by atoms with Crippen molar-refractivity contribution in [1.29, 1.82) is 5.26 Å². The van der Waals surface area contributed by atoms with Crippen LogP contribution in [0.3, 0.4) is 0 Å². The Bertz CT molecular complexity index is 483. The minimum absolute atomic E-state index is 0.593. The normalized spacial score (nSPS) is 14.8. The number of rotatable bonds is 5. The second kappa shape index (κ2) is 6.79. The fourth-order valence-electron chi connectivity index (χ4n) is 1.81. The fraction of sp³-hybridized carbons (Fsp3) is 0.467. The van der Waals surface area contributed by atoms with Crippen LogP contribution in [0.25, 0.3) is 0 Å². The van der Waals surface area contributed by atoms with Gasteiger partial charge >= 0.3 is 0 Å². The first-order chi connectivity index (χ1) is 9.31. The van der Waals surface area contributed by atoms with E-state index in [-0.39, 0.29) is 0 Å². The van der Waals surface area contributed by atoms with Crippen molar-refractivity contribution in [3.63, 3.8) is 0 Å². The number of benzene rings is 1. The molecule has 0 bridgehead atoms. The Labute approximate surface area is 114 Å². The van der Waals surface area contributed by atoms with E-state index in [2.05, 4.69) is 28.6 Å². The second-order valence-corrected chi connectivity index (χ2v) is 4.83. The lowest BCUT2D eigenvalue weighted by atomic mass is 10.1. The summed E-state index contributed by atoms with van der Waals surface area (Å²) in [6.45, 7) is 4.51. The molecule has 1 aromatic rings. The Morgan fingerprint density at radius 2 is 2.26 bits per heavy atom. The molecule has 0 spiro atoms. The van der Waals surface area contributed by atoms with Crippen LogP contribution in [0.5, 0.6) is 0 Å². The monoisotopic (exact) mass is 256 g/mol. The predicted molar refractivity (Wildman–Crippen MR) is 76.7 cm³/mol. The molecule has 1 fully saturated rings. The fourth-order valence-corrected chi connectivity index (χ4v) is 1.81. The lowest BCUT2D eigenvalue weighted by Crippen LogP contribution is -2.38. The van der Waals surface area contributed by atoms with Gasteiger partial charge < -0.3 is 10.6 Å². The zero-order valence-corrected chi connectivity index (χ0v) is 11.3. The Hall–Kier alpha value is -2.02.